The van der Waals surface area contributed by atoms with Crippen LogP contribution in [0.4, 0.5) is 0 Å². The van der Waals surface area contributed by atoms with Gasteiger partial charge < -0.3 is 14.2 Å². The van der Waals surface area contributed by atoms with E-state index in [1.54, 1.807) is 14.2 Å². The molecule has 158 valence electrons. The highest BCUT2D eigenvalue weighted by atomic mass is 79.9. The van der Waals surface area contributed by atoms with E-state index in [-0.39, 0.29) is 17.0 Å². The third-order valence-electron chi connectivity index (χ3n) is 5.14. The quantitative estimate of drug-likeness (QED) is 0.404. The van der Waals surface area contributed by atoms with Gasteiger partial charge in [0.15, 0.2) is 0 Å². The smallest absolute Gasteiger partial charge is 0.217 e. The molecular formula is C26H24BrNO3. The van der Waals surface area contributed by atoms with E-state index >= 15 is 0 Å². The predicted octanol–water partition coefficient (Wildman–Crippen LogP) is 6.07. The van der Waals surface area contributed by atoms with Gasteiger partial charge in [-0.1, -0.05) is 70.5 Å². The van der Waals surface area contributed by atoms with Crippen molar-refractivity contribution in [3.63, 3.8) is 0 Å². The average molecular weight is 478 g/mol. The first-order valence-corrected chi connectivity index (χ1v) is 11.0. The van der Waals surface area contributed by atoms with Gasteiger partial charge in [-0.3, -0.25) is 0 Å². The fourth-order valence-corrected chi connectivity index (χ4v) is 4.21. The van der Waals surface area contributed by atoms with Crippen LogP contribution in [0.5, 0.6) is 11.5 Å². The van der Waals surface area contributed by atoms with Gasteiger partial charge in [-0.15, -0.1) is 0 Å². The second kappa shape index (κ2) is 9.84. The van der Waals surface area contributed by atoms with Crippen molar-refractivity contribution in [2.75, 3.05) is 14.2 Å². The second-order valence-corrected chi connectivity index (χ2v) is 8.24. The molecule has 1 aliphatic heterocycles. The number of hydrogen-bond acceptors (Lipinski definition) is 4. The summed E-state index contributed by atoms with van der Waals surface area (Å²) in [5.41, 5.74) is 3.04. The second-order valence-electron chi connectivity index (χ2n) is 7.19. The molecule has 3 aromatic rings. The molecule has 3 unspecified atom stereocenters. The maximum atomic E-state index is 6.38. The summed E-state index contributed by atoms with van der Waals surface area (Å²) in [5, 5.41) is 0. The Labute approximate surface area is 191 Å². The lowest BCUT2D eigenvalue weighted by atomic mass is 9.99. The van der Waals surface area contributed by atoms with Crippen LogP contribution in [0.3, 0.4) is 0 Å². The van der Waals surface area contributed by atoms with Gasteiger partial charge in [0.25, 0.3) is 0 Å². The number of alkyl halides is 1. The van der Waals surface area contributed by atoms with Crippen molar-refractivity contribution >= 4 is 27.9 Å². The molecule has 0 saturated carbocycles. The maximum absolute atomic E-state index is 6.38. The van der Waals surface area contributed by atoms with Gasteiger partial charge >= 0.3 is 0 Å². The summed E-state index contributed by atoms with van der Waals surface area (Å²) in [6, 6.07) is 25.8. The van der Waals surface area contributed by atoms with Crippen LogP contribution in [0, 0.1) is 0 Å². The third kappa shape index (κ3) is 5.00. The average Bonchev–Trinajstić information content (AvgIpc) is 2.84. The van der Waals surface area contributed by atoms with Crippen LogP contribution < -0.4 is 9.47 Å². The van der Waals surface area contributed by atoms with E-state index in [0.29, 0.717) is 5.90 Å². The minimum absolute atomic E-state index is 0.0473. The van der Waals surface area contributed by atoms with Crippen LogP contribution in [0.25, 0.3) is 6.08 Å². The van der Waals surface area contributed by atoms with Crippen LogP contribution in [-0.4, -0.2) is 31.0 Å². The lowest BCUT2D eigenvalue weighted by Crippen LogP contribution is -2.34. The van der Waals surface area contributed by atoms with E-state index in [2.05, 4.69) is 34.1 Å². The molecule has 0 aromatic heterocycles. The highest BCUT2D eigenvalue weighted by molar-refractivity contribution is 9.09. The largest absolute Gasteiger partial charge is 0.497 e. The molecule has 0 saturated heterocycles. The van der Waals surface area contributed by atoms with Crippen molar-refractivity contribution in [2.24, 2.45) is 4.99 Å². The Balaban J connectivity index is 1.69. The Kier molecular flexibility index (Phi) is 6.73. The molecule has 4 rings (SSSR count). The molecule has 1 heterocycles. The SMILES string of the molecule is COc1cccc(/C=C/C2N=C(c3ccccc3)OC(c3cccc(OC)c3)C2Br)c1. The standard InChI is InChI=1S/C26H24BrNO3/c1-29-21-12-6-8-18(16-21)14-15-23-24(27)25(20-11-7-13-22(17-20)30-2)31-26(28-23)19-9-4-3-5-10-19/h3-17,23-25H,1-2H3/b15-14+. The minimum Gasteiger partial charge on any atom is -0.497 e. The van der Waals surface area contributed by atoms with E-state index in [0.717, 1.165) is 28.2 Å². The molecule has 0 bridgehead atoms. The molecule has 4 nitrogen and oxygen atoms in total. The number of methoxy groups -OCH3 is 2. The Bertz CT molecular complexity index is 1080. The molecule has 0 aliphatic carbocycles. The molecule has 0 fully saturated rings. The van der Waals surface area contributed by atoms with Gasteiger partial charge in [-0.05, 0) is 47.5 Å². The van der Waals surface area contributed by atoms with Crippen molar-refractivity contribution in [2.45, 2.75) is 17.0 Å². The molecule has 5 heteroatoms. The van der Waals surface area contributed by atoms with Crippen molar-refractivity contribution in [3.8, 4) is 11.5 Å². The summed E-state index contributed by atoms with van der Waals surface area (Å²) in [7, 11) is 3.34. The van der Waals surface area contributed by atoms with E-state index in [4.69, 9.17) is 19.2 Å². The fourth-order valence-electron chi connectivity index (χ4n) is 3.50. The zero-order chi connectivity index (χ0) is 21.6. The number of halogens is 1. The normalized spacial score (nSPS) is 20.7. The van der Waals surface area contributed by atoms with Gasteiger partial charge in [0.2, 0.25) is 5.90 Å². The Morgan fingerprint density at radius 3 is 2.32 bits per heavy atom. The summed E-state index contributed by atoms with van der Waals surface area (Å²) in [6.07, 6.45) is 3.96. The summed E-state index contributed by atoms with van der Waals surface area (Å²) < 4.78 is 17.1. The van der Waals surface area contributed by atoms with Crippen molar-refractivity contribution in [3.05, 3.63) is 102 Å². The van der Waals surface area contributed by atoms with Crippen LogP contribution in [0.1, 0.15) is 22.8 Å². The lowest BCUT2D eigenvalue weighted by molar-refractivity contribution is 0.169. The topological polar surface area (TPSA) is 40.0 Å². The van der Waals surface area contributed by atoms with Gasteiger partial charge in [0.05, 0.1) is 25.1 Å². The van der Waals surface area contributed by atoms with E-state index in [1.807, 2.05) is 72.8 Å². The zero-order valence-corrected chi connectivity index (χ0v) is 19.0. The number of rotatable bonds is 6. The number of hydrogen-bond donors (Lipinski definition) is 0. The van der Waals surface area contributed by atoms with Crippen LogP contribution >= 0.6 is 15.9 Å². The van der Waals surface area contributed by atoms with Crippen LogP contribution in [0.15, 0.2) is 89.9 Å². The molecule has 3 aromatic carbocycles. The zero-order valence-electron chi connectivity index (χ0n) is 17.4. The van der Waals surface area contributed by atoms with Crippen molar-refractivity contribution in [1.82, 2.24) is 0 Å². The van der Waals surface area contributed by atoms with Crippen molar-refractivity contribution < 1.29 is 14.2 Å². The monoisotopic (exact) mass is 477 g/mol. The number of aliphatic imine (C=N–C) groups is 1. The first-order valence-electron chi connectivity index (χ1n) is 10.1. The highest BCUT2D eigenvalue weighted by Crippen LogP contribution is 2.37. The Hall–Kier alpha value is -3.05. The summed E-state index contributed by atoms with van der Waals surface area (Å²) >= 11 is 3.86. The molecule has 31 heavy (non-hydrogen) atoms. The molecule has 0 amide bonds. The Morgan fingerprint density at radius 1 is 0.871 bits per heavy atom. The molecular weight excluding hydrogens is 454 g/mol. The van der Waals surface area contributed by atoms with Gasteiger partial charge in [-0.25, -0.2) is 4.99 Å². The first-order chi connectivity index (χ1) is 15.2. The number of nitrogens with zero attached hydrogens (tertiary/aromatic N) is 1. The number of benzene rings is 3. The molecule has 1 aliphatic rings. The molecule has 0 spiro atoms. The van der Waals surface area contributed by atoms with Crippen LogP contribution in [0.2, 0.25) is 0 Å². The lowest BCUT2D eigenvalue weighted by Gasteiger charge is -2.33. The first kappa shape index (κ1) is 21.2. The summed E-state index contributed by atoms with van der Waals surface area (Å²) in [6.45, 7) is 0. The van der Waals surface area contributed by atoms with Gasteiger partial charge in [0, 0.05) is 5.56 Å². The Morgan fingerprint density at radius 2 is 1.58 bits per heavy atom. The molecule has 0 N–H and O–H groups in total. The molecule has 0 radical (unpaired) electrons. The fraction of sp³-hybridized carbons (Fsp3) is 0.192. The maximum Gasteiger partial charge on any atom is 0.217 e. The summed E-state index contributed by atoms with van der Waals surface area (Å²) in [5.74, 6) is 2.25. The number of ether oxygens (including phenoxy) is 3. The molecule has 3 atom stereocenters. The predicted molar refractivity (Wildman–Crippen MR) is 128 cm³/mol. The summed E-state index contributed by atoms with van der Waals surface area (Å²) in [4.78, 5) is 4.86. The van der Waals surface area contributed by atoms with Crippen LogP contribution in [-0.2, 0) is 4.74 Å². The van der Waals surface area contributed by atoms with Gasteiger partial charge in [0.1, 0.15) is 17.6 Å². The van der Waals surface area contributed by atoms with E-state index in [9.17, 15) is 0 Å². The minimum atomic E-state index is -0.220. The third-order valence-corrected chi connectivity index (χ3v) is 6.16. The van der Waals surface area contributed by atoms with E-state index < -0.39 is 0 Å². The highest BCUT2D eigenvalue weighted by Gasteiger charge is 2.34. The van der Waals surface area contributed by atoms with Gasteiger partial charge in [-0.2, -0.15) is 0 Å². The van der Waals surface area contributed by atoms with Crippen molar-refractivity contribution in [1.29, 1.82) is 0 Å². The van der Waals surface area contributed by atoms with E-state index in [1.165, 1.54) is 0 Å².